The zero-order chi connectivity index (χ0) is 21.6. The maximum absolute atomic E-state index is 12.4. The monoisotopic (exact) mass is 493 g/mol. The van der Waals surface area contributed by atoms with Gasteiger partial charge in [0.25, 0.3) is 0 Å². The van der Waals surface area contributed by atoms with Crippen LogP contribution in [0.15, 0.2) is 41.1 Å². The first-order valence-corrected chi connectivity index (χ1v) is 15.1. The molecule has 1 aromatic heterocycles. The van der Waals surface area contributed by atoms with Crippen LogP contribution in [0.2, 0.25) is 25.7 Å². The van der Waals surface area contributed by atoms with Gasteiger partial charge in [-0.25, -0.2) is 9.78 Å². The second kappa shape index (κ2) is 10.6. The van der Waals surface area contributed by atoms with E-state index >= 15 is 0 Å². The third kappa shape index (κ3) is 6.68. The number of hydrogen-bond acceptors (Lipinski definition) is 4. The third-order valence-corrected chi connectivity index (χ3v) is 7.71. The Bertz CT molecular complexity index is 815. The van der Waals surface area contributed by atoms with Crippen molar-refractivity contribution < 1.29 is 14.3 Å². The Morgan fingerprint density at radius 2 is 1.90 bits per heavy atom. The number of imidazole rings is 1. The van der Waals surface area contributed by atoms with E-state index in [0.29, 0.717) is 32.3 Å². The Kier molecular flexibility index (Phi) is 8.13. The molecule has 164 valence electrons. The van der Waals surface area contributed by atoms with Crippen LogP contribution in [0.1, 0.15) is 30.1 Å². The molecule has 1 aliphatic rings. The molecule has 6 nitrogen and oxygen atoms in total. The summed E-state index contributed by atoms with van der Waals surface area (Å²) in [6.07, 6.45) is 3.35. The Hall–Kier alpha value is -1.64. The van der Waals surface area contributed by atoms with Crippen LogP contribution >= 0.6 is 15.9 Å². The number of ether oxygens (including phenoxy) is 2. The zero-order valence-corrected chi connectivity index (χ0v) is 20.7. The van der Waals surface area contributed by atoms with Crippen LogP contribution in [0, 0.1) is 0 Å². The quantitative estimate of drug-likeness (QED) is 0.361. The number of aromatic nitrogens is 2. The molecule has 0 N–H and O–H groups in total. The number of carbonyl (C=O) groups is 1. The molecule has 0 saturated carbocycles. The summed E-state index contributed by atoms with van der Waals surface area (Å²) in [5.41, 5.74) is 1.00. The molecule has 0 radical (unpaired) electrons. The standard InChI is InChI=1S/C22H32BrN3O3Si/c1-30(2,3)14-13-28-17-26-20(23)15-24-21(26)19-9-11-25(12-10-19)22(27)29-16-18-7-5-4-6-8-18/h4-8,15,19H,9-14,16-17H2,1-3H3. The number of hydrogen-bond donors (Lipinski definition) is 0. The van der Waals surface area contributed by atoms with Crippen molar-refractivity contribution >= 4 is 30.1 Å². The topological polar surface area (TPSA) is 56.6 Å². The molecule has 0 bridgehead atoms. The molecule has 0 unspecified atom stereocenters. The van der Waals surface area contributed by atoms with E-state index in [-0.39, 0.29) is 6.09 Å². The molecular weight excluding hydrogens is 462 g/mol. The maximum Gasteiger partial charge on any atom is 0.410 e. The highest BCUT2D eigenvalue weighted by Crippen LogP contribution is 2.29. The highest BCUT2D eigenvalue weighted by molar-refractivity contribution is 9.10. The molecule has 1 aliphatic heterocycles. The van der Waals surface area contributed by atoms with Gasteiger partial charge in [-0.3, -0.25) is 4.57 Å². The average Bonchev–Trinajstić information content (AvgIpc) is 3.10. The second-order valence-electron chi connectivity index (χ2n) is 9.02. The number of piperidine rings is 1. The summed E-state index contributed by atoms with van der Waals surface area (Å²) >= 11 is 3.60. The molecule has 3 rings (SSSR count). The van der Waals surface area contributed by atoms with Crippen molar-refractivity contribution in [1.29, 1.82) is 0 Å². The SMILES string of the molecule is C[Si](C)(C)CCOCn1c(Br)cnc1C1CCN(C(=O)OCc2ccccc2)CC1. The largest absolute Gasteiger partial charge is 0.445 e. The Morgan fingerprint density at radius 3 is 2.57 bits per heavy atom. The van der Waals surface area contributed by atoms with Gasteiger partial charge in [-0.05, 0) is 40.4 Å². The number of likely N-dealkylation sites (tertiary alicyclic amines) is 1. The van der Waals surface area contributed by atoms with E-state index in [1.165, 1.54) is 0 Å². The van der Waals surface area contributed by atoms with E-state index in [1.807, 2.05) is 36.5 Å². The molecule has 2 aromatic rings. The summed E-state index contributed by atoms with van der Waals surface area (Å²) < 4.78 is 14.5. The van der Waals surface area contributed by atoms with Crippen LogP contribution in [0.4, 0.5) is 4.79 Å². The van der Waals surface area contributed by atoms with Crippen molar-refractivity contribution in [1.82, 2.24) is 14.5 Å². The Balaban J connectivity index is 1.48. The first kappa shape index (κ1) is 23.0. The van der Waals surface area contributed by atoms with Crippen molar-refractivity contribution in [3.8, 4) is 0 Å². The second-order valence-corrected chi connectivity index (χ2v) is 15.5. The molecule has 2 heterocycles. The zero-order valence-electron chi connectivity index (χ0n) is 18.1. The van der Waals surface area contributed by atoms with Crippen LogP contribution < -0.4 is 0 Å². The molecule has 1 saturated heterocycles. The predicted molar refractivity (Wildman–Crippen MR) is 124 cm³/mol. The van der Waals surface area contributed by atoms with E-state index in [1.54, 1.807) is 4.90 Å². The van der Waals surface area contributed by atoms with Gasteiger partial charge in [0.2, 0.25) is 0 Å². The Labute approximate surface area is 188 Å². The lowest BCUT2D eigenvalue weighted by atomic mass is 9.96. The highest BCUT2D eigenvalue weighted by atomic mass is 79.9. The van der Waals surface area contributed by atoms with Crippen LogP contribution in [0.5, 0.6) is 0 Å². The first-order chi connectivity index (χ1) is 14.3. The van der Waals surface area contributed by atoms with E-state index in [0.717, 1.165) is 41.5 Å². The number of benzene rings is 1. The van der Waals surface area contributed by atoms with Gasteiger partial charge in [-0.2, -0.15) is 0 Å². The number of nitrogens with zero attached hydrogens (tertiary/aromatic N) is 3. The highest BCUT2D eigenvalue weighted by Gasteiger charge is 2.28. The fourth-order valence-electron chi connectivity index (χ4n) is 3.49. The molecule has 0 aliphatic carbocycles. The van der Waals surface area contributed by atoms with Crippen molar-refractivity contribution in [3.63, 3.8) is 0 Å². The molecular formula is C22H32BrN3O3Si. The predicted octanol–water partition coefficient (Wildman–Crippen LogP) is 5.47. The van der Waals surface area contributed by atoms with Crippen LogP contribution in [0.3, 0.4) is 0 Å². The lowest BCUT2D eigenvalue weighted by Gasteiger charge is -2.31. The van der Waals surface area contributed by atoms with Gasteiger partial charge in [0.1, 0.15) is 23.8 Å². The van der Waals surface area contributed by atoms with Gasteiger partial charge in [0.15, 0.2) is 0 Å². The normalized spacial score (nSPS) is 15.4. The molecule has 1 fully saturated rings. The van der Waals surface area contributed by atoms with Gasteiger partial charge < -0.3 is 14.4 Å². The first-order valence-electron chi connectivity index (χ1n) is 10.6. The minimum Gasteiger partial charge on any atom is -0.445 e. The van der Waals surface area contributed by atoms with Crippen molar-refractivity contribution in [2.75, 3.05) is 19.7 Å². The summed E-state index contributed by atoms with van der Waals surface area (Å²) in [6, 6.07) is 10.9. The lowest BCUT2D eigenvalue weighted by molar-refractivity contribution is 0.0768. The number of halogens is 1. The molecule has 30 heavy (non-hydrogen) atoms. The van der Waals surface area contributed by atoms with E-state index in [9.17, 15) is 4.79 Å². The molecule has 0 spiro atoms. The van der Waals surface area contributed by atoms with Crippen LogP contribution in [0.25, 0.3) is 0 Å². The maximum atomic E-state index is 12.4. The fourth-order valence-corrected chi connectivity index (χ4v) is 4.63. The van der Waals surface area contributed by atoms with Crippen molar-refractivity contribution in [3.05, 3.63) is 52.5 Å². The summed E-state index contributed by atoms with van der Waals surface area (Å²) in [5.74, 6) is 1.35. The third-order valence-electron chi connectivity index (χ3n) is 5.38. The van der Waals surface area contributed by atoms with E-state index < -0.39 is 8.07 Å². The minimum absolute atomic E-state index is 0.239. The summed E-state index contributed by atoms with van der Waals surface area (Å²) in [7, 11) is -1.10. The lowest BCUT2D eigenvalue weighted by Crippen LogP contribution is -2.38. The Morgan fingerprint density at radius 1 is 1.20 bits per heavy atom. The van der Waals surface area contributed by atoms with E-state index in [2.05, 4.69) is 45.1 Å². The van der Waals surface area contributed by atoms with Crippen LogP contribution in [-0.2, 0) is 22.8 Å². The number of carbonyl (C=O) groups excluding carboxylic acids is 1. The van der Waals surface area contributed by atoms with Gasteiger partial charge in [-0.15, -0.1) is 0 Å². The molecule has 1 amide bonds. The van der Waals surface area contributed by atoms with E-state index in [4.69, 9.17) is 9.47 Å². The number of rotatable bonds is 8. The van der Waals surface area contributed by atoms with Gasteiger partial charge in [-0.1, -0.05) is 50.0 Å². The molecule has 0 atom stereocenters. The summed E-state index contributed by atoms with van der Waals surface area (Å²) in [6.45, 7) is 10.0. The van der Waals surface area contributed by atoms with Crippen molar-refractivity contribution in [2.45, 2.75) is 57.8 Å². The summed E-state index contributed by atoms with van der Waals surface area (Å²) in [4.78, 5) is 18.8. The average molecular weight is 495 g/mol. The molecule has 8 heteroatoms. The van der Waals surface area contributed by atoms with Gasteiger partial charge >= 0.3 is 6.09 Å². The summed E-state index contributed by atoms with van der Waals surface area (Å²) in [5, 5.41) is 0. The minimum atomic E-state index is -1.10. The molecule has 1 aromatic carbocycles. The van der Waals surface area contributed by atoms with Crippen LogP contribution in [-0.4, -0.2) is 48.3 Å². The number of amides is 1. The van der Waals surface area contributed by atoms with Crippen molar-refractivity contribution in [2.24, 2.45) is 0 Å². The fraction of sp³-hybridized carbons (Fsp3) is 0.545. The van der Waals surface area contributed by atoms with Gasteiger partial charge in [0.05, 0.1) is 6.20 Å². The smallest absolute Gasteiger partial charge is 0.410 e. The van der Waals surface area contributed by atoms with Gasteiger partial charge in [0, 0.05) is 33.7 Å².